The maximum Gasteiger partial charge on any atom is 0.344 e. The monoisotopic (exact) mass is 272 g/mol. The van der Waals surface area contributed by atoms with Crippen LogP contribution in [0.25, 0.3) is 0 Å². The number of nitrogens with two attached hydrogens (primary N) is 1. The predicted octanol–water partition coefficient (Wildman–Crippen LogP) is 1.26. The molecule has 0 unspecified atom stereocenters. The van der Waals surface area contributed by atoms with Crippen molar-refractivity contribution < 1.29 is 9.53 Å². The van der Waals surface area contributed by atoms with Gasteiger partial charge in [0.1, 0.15) is 10.6 Å². The fraction of sp³-hybridized carbons (Fsp3) is 0.636. The quantitative estimate of drug-likeness (QED) is 0.759. The first-order valence-corrected chi connectivity index (χ1v) is 6.52. The molecule has 0 aliphatic rings. The highest BCUT2D eigenvalue weighted by Gasteiger charge is 2.19. The number of esters is 1. The van der Waals surface area contributed by atoms with Crippen LogP contribution in [-0.4, -0.2) is 48.5 Å². The van der Waals surface area contributed by atoms with Gasteiger partial charge in [-0.25, -0.2) is 4.79 Å². The van der Waals surface area contributed by atoms with Crippen LogP contribution < -0.4 is 11.1 Å². The lowest BCUT2D eigenvalue weighted by Gasteiger charge is -2.20. The van der Waals surface area contributed by atoms with Crippen molar-refractivity contribution in [1.29, 1.82) is 0 Å². The normalized spacial score (nSPS) is 11.0. The average molecular weight is 272 g/mol. The number of nitrogens with zero attached hydrogens (tertiary/aromatic N) is 2. The lowest BCUT2D eigenvalue weighted by atomic mass is 10.3. The summed E-state index contributed by atoms with van der Waals surface area (Å²) in [5.41, 5.74) is 5.97. The molecule has 3 N–H and O–H groups in total. The summed E-state index contributed by atoms with van der Waals surface area (Å²) in [6.07, 6.45) is 0. The third-order valence-corrected chi connectivity index (χ3v) is 3.56. The van der Waals surface area contributed by atoms with Gasteiger partial charge in [0.05, 0.1) is 7.11 Å². The summed E-state index contributed by atoms with van der Waals surface area (Å²) in [6.45, 7) is 5.85. The number of likely N-dealkylation sites (N-methyl/N-ethyl adjacent to an activating group) is 1. The molecule has 0 spiro atoms. The van der Waals surface area contributed by atoms with Gasteiger partial charge in [0, 0.05) is 19.1 Å². The molecule has 1 aromatic heterocycles. The minimum Gasteiger partial charge on any atom is -0.465 e. The van der Waals surface area contributed by atoms with E-state index >= 15 is 0 Å². The van der Waals surface area contributed by atoms with Gasteiger partial charge in [0.25, 0.3) is 0 Å². The van der Waals surface area contributed by atoms with Crippen LogP contribution >= 0.6 is 11.5 Å². The minimum atomic E-state index is -0.457. The number of rotatable bonds is 6. The van der Waals surface area contributed by atoms with E-state index in [1.165, 1.54) is 18.6 Å². The summed E-state index contributed by atoms with van der Waals surface area (Å²) < 4.78 is 8.64. The molecule has 0 aliphatic heterocycles. The summed E-state index contributed by atoms with van der Waals surface area (Å²) in [4.78, 5) is 13.7. The first kappa shape index (κ1) is 14.7. The Bertz CT molecular complexity index is 406. The smallest absolute Gasteiger partial charge is 0.344 e. The van der Waals surface area contributed by atoms with Crippen molar-refractivity contribution in [2.24, 2.45) is 0 Å². The summed E-state index contributed by atoms with van der Waals surface area (Å²) in [5, 5.41) is 3.83. The van der Waals surface area contributed by atoms with Crippen LogP contribution in [0, 0.1) is 0 Å². The van der Waals surface area contributed by atoms with Crippen LogP contribution in [0.2, 0.25) is 0 Å². The first-order valence-electron chi connectivity index (χ1n) is 5.75. The second-order valence-corrected chi connectivity index (χ2v) is 5.04. The van der Waals surface area contributed by atoms with Crippen LogP contribution in [0.5, 0.6) is 0 Å². The minimum absolute atomic E-state index is 0.214. The van der Waals surface area contributed by atoms with Crippen LogP contribution in [-0.2, 0) is 4.74 Å². The molecule has 6 nitrogen and oxygen atoms in total. The number of methoxy groups -OCH3 is 1. The number of nitrogens with one attached hydrogen (secondary N) is 1. The van der Waals surface area contributed by atoms with Crippen LogP contribution in [0.4, 0.5) is 10.8 Å². The number of nitrogen functional groups attached to an aromatic ring is 1. The highest BCUT2D eigenvalue weighted by atomic mass is 32.1. The van der Waals surface area contributed by atoms with Gasteiger partial charge in [-0.1, -0.05) is 0 Å². The molecule has 0 radical (unpaired) electrons. The Morgan fingerprint density at radius 3 is 2.83 bits per heavy atom. The van der Waals surface area contributed by atoms with Gasteiger partial charge >= 0.3 is 5.97 Å². The number of hydrogen-bond acceptors (Lipinski definition) is 7. The Balaban J connectivity index is 2.60. The zero-order valence-corrected chi connectivity index (χ0v) is 12.0. The highest BCUT2D eigenvalue weighted by Crippen LogP contribution is 2.27. The first-order chi connectivity index (χ1) is 8.47. The van der Waals surface area contributed by atoms with Crippen molar-refractivity contribution in [1.82, 2.24) is 9.27 Å². The summed E-state index contributed by atoms with van der Waals surface area (Å²) >= 11 is 1.17. The van der Waals surface area contributed by atoms with Gasteiger partial charge < -0.3 is 20.7 Å². The van der Waals surface area contributed by atoms with Crippen LogP contribution in [0.3, 0.4) is 0 Å². The number of aromatic nitrogens is 1. The van der Waals surface area contributed by atoms with E-state index in [1.54, 1.807) is 0 Å². The molecule has 0 fully saturated rings. The maximum atomic E-state index is 11.5. The van der Waals surface area contributed by atoms with E-state index in [4.69, 9.17) is 5.73 Å². The molecular weight excluding hydrogens is 252 g/mol. The summed E-state index contributed by atoms with van der Waals surface area (Å²) in [6, 6.07) is 0.485. The Hall–Kier alpha value is -1.34. The molecule has 0 atom stereocenters. The molecule has 7 heteroatoms. The predicted molar refractivity (Wildman–Crippen MR) is 74.1 cm³/mol. The van der Waals surface area contributed by atoms with Gasteiger partial charge in [0.15, 0.2) is 5.82 Å². The maximum absolute atomic E-state index is 11.5. The average Bonchev–Trinajstić information content (AvgIpc) is 2.69. The van der Waals surface area contributed by atoms with E-state index in [9.17, 15) is 4.79 Å². The topological polar surface area (TPSA) is 80.5 Å². The standard InChI is InChI=1S/C11H20N4O2S/c1-7(2)15(3)6-5-13-10-8(11(16)17-4)9(12)14-18-10/h7,13H,5-6H2,1-4H3,(H2,12,14). The fourth-order valence-corrected chi connectivity index (χ4v) is 2.05. The Morgan fingerprint density at radius 2 is 2.28 bits per heavy atom. The van der Waals surface area contributed by atoms with Crippen LogP contribution in [0.15, 0.2) is 0 Å². The van der Waals surface area contributed by atoms with Gasteiger partial charge in [-0.2, -0.15) is 4.37 Å². The van der Waals surface area contributed by atoms with Crippen molar-refractivity contribution in [3.05, 3.63) is 5.56 Å². The Morgan fingerprint density at radius 1 is 1.61 bits per heavy atom. The molecule has 0 aliphatic carbocycles. The third-order valence-electron chi connectivity index (χ3n) is 2.74. The van der Waals surface area contributed by atoms with Crippen molar-refractivity contribution in [2.75, 3.05) is 38.3 Å². The molecule has 0 saturated heterocycles. The molecule has 102 valence electrons. The molecule has 1 rings (SSSR count). The largest absolute Gasteiger partial charge is 0.465 e. The van der Waals surface area contributed by atoms with Crippen molar-refractivity contribution in [2.45, 2.75) is 19.9 Å². The molecule has 1 aromatic rings. The van der Waals surface area contributed by atoms with Gasteiger partial charge in [-0.05, 0) is 32.4 Å². The third kappa shape index (κ3) is 3.58. The zero-order valence-electron chi connectivity index (χ0n) is 11.2. The van der Waals surface area contributed by atoms with E-state index in [2.05, 4.69) is 40.2 Å². The number of anilines is 2. The van der Waals surface area contributed by atoms with Gasteiger partial charge in [-0.3, -0.25) is 0 Å². The van der Waals surface area contributed by atoms with Crippen molar-refractivity contribution in [3.63, 3.8) is 0 Å². The Kier molecular flexibility index (Phi) is 5.36. The fourth-order valence-electron chi connectivity index (χ4n) is 1.33. The van der Waals surface area contributed by atoms with Crippen LogP contribution in [0.1, 0.15) is 24.2 Å². The lowest BCUT2D eigenvalue weighted by Crippen LogP contribution is -2.31. The highest BCUT2D eigenvalue weighted by molar-refractivity contribution is 7.11. The number of carbonyl (C=O) groups is 1. The van der Waals surface area contributed by atoms with E-state index in [0.29, 0.717) is 16.6 Å². The molecule has 0 aromatic carbocycles. The van der Waals surface area contributed by atoms with E-state index < -0.39 is 5.97 Å². The Labute approximate surface area is 111 Å². The molecule has 18 heavy (non-hydrogen) atoms. The van der Waals surface area contributed by atoms with E-state index in [-0.39, 0.29) is 5.82 Å². The summed E-state index contributed by atoms with van der Waals surface area (Å²) in [7, 11) is 3.38. The number of ether oxygens (including phenoxy) is 1. The molecule has 0 amide bonds. The number of carbonyl (C=O) groups excluding carboxylic acids is 1. The SMILES string of the molecule is COC(=O)c1c(N)nsc1NCCN(C)C(C)C. The van der Waals surface area contributed by atoms with E-state index in [0.717, 1.165) is 13.1 Å². The summed E-state index contributed by atoms with van der Waals surface area (Å²) in [5.74, 6) is -0.243. The van der Waals surface area contributed by atoms with Crippen molar-refractivity contribution >= 4 is 28.3 Å². The lowest BCUT2D eigenvalue weighted by molar-refractivity contribution is 0.0603. The second-order valence-electron chi connectivity index (χ2n) is 4.26. The second kappa shape index (κ2) is 6.55. The van der Waals surface area contributed by atoms with Crippen molar-refractivity contribution in [3.8, 4) is 0 Å². The van der Waals surface area contributed by atoms with E-state index in [1.807, 2.05) is 0 Å². The molecule has 0 saturated carbocycles. The molecule has 0 bridgehead atoms. The van der Waals surface area contributed by atoms with Gasteiger partial charge in [0.2, 0.25) is 0 Å². The molecule has 1 heterocycles. The van der Waals surface area contributed by atoms with Gasteiger partial charge in [-0.15, -0.1) is 0 Å². The zero-order chi connectivity index (χ0) is 13.7. The molecular formula is C11H20N4O2S. The number of hydrogen-bond donors (Lipinski definition) is 2.